The molecule has 27 heavy (non-hydrogen) atoms. The first kappa shape index (κ1) is 19.1. The highest BCUT2D eigenvalue weighted by atomic mass is 35.5. The van der Waals surface area contributed by atoms with Crippen LogP contribution in [-0.2, 0) is 6.54 Å². The summed E-state index contributed by atoms with van der Waals surface area (Å²) in [6, 6.07) is 7.28. The first-order valence-electron chi connectivity index (χ1n) is 9.03. The zero-order valence-corrected chi connectivity index (χ0v) is 15.7. The maximum atomic E-state index is 11.6. The molecular weight excluding hydrogens is 366 g/mol. The van der Waals surface area contributed by atoms with Crippen molar-refractivity contribution in [2.24, 2.45) is 0 Å². The molecule has 3 rings (SSSR count). The fourth-order valence-corrected chi connectivity index (χ4v) is 3.20. The smallest absolute Gasteiger partial charge is 0.353 e. The largest absolute Gasteiger partial charge is 0.364 e. The van der Waals surface area contributed by atoms with Gasteiger partial charge in [0.05, 0.1) is 4.92 Å². The maximum absolute atomic E-state index is 11.6. The lowest BCUT2D eigenvalue weighted by Gasteiger charge is -2.13. The van der Waals surface area contributed by atoms with E-state index in [4.69, 9.17) is 11.6 Å². The number of rotatable bonds is 8. The summed E-state index contributed by atoms with van der Waals surface area (Å²) in [6.07, 6.45) is 9.19. The van der Waals surface area contributed by atoms with Crippen LogP contribution in [0.25, 0.3) is 0 Å². The summed E-state index contributed by atoms with van der Waals surface area (Å²) >= 11 is 5.88. The van der Waals surface area contributed by atoms with Gasteiger partial charge >= 0.3 is 5.69 Å². The standard InChI is InChI=1S/C19H22ClN5O2/c20-16-8-6-15(7-9-16)12-22-19-17(25(26)27)18(23-13-24-19)21-11-10-14-4-2-1-3-5-14/h4,6-9,13H,1-3,5,10-12H2,(H2,21,22,23,24). The van der Waals surface area contributed by atoms with Gasteiger partial charge in [-0.1, -0.05) is 35.4 Å². The Labute approximate surface area is 163 Å². The second kappa shape index (κ2) is 9.32. The third kappa shape index (κ3) is 5.40. The summed E-state index contributed by atoms with van der Waals surface area (Å²) in [5.41, 5.74) is 2.22. The van der Waals surface area contributed by atoms with Crippen molar-refractivity contribution in [3.63, 3.8) is 0 Å². The molecule has 1 aromatic heterocycles. The normalized spacial score (nSPS) is 13.7. The Morgan fingerprint density at radius 3 is 2.52 bits per heavy atom. The number of benzene rings is 1. The molecule has 0 radical (unpaired) electrons. The highest BCUT2D eigenvalue weighted by molar-refractivity contribution is 6.30. The number of hydrogen-bond acceptors (Lipinski definition) is 6. The molecule has 1 aliphatic carbocycles. The molecule has 1 aromatic carbocycles. The summed E-state index contributed by atoms with van der Waals surface area (Å²) in [7, 11) is 0. The topological polar surface area (TPSA) is 93.0 Å². The molecule has 0 unspecified atom stereocenters. The molecular formula is C19H22ClN5O2. The van der Waals surface area contributed by atoms with E-state index in [1.54, 1.807) is 12.1 Å². The summed E-state index contributed by atoms with van der Waals surface area (Å²) in [5, 5.41) is 18.3. The van der Waals surface area contributed by atoms with E-state index in [0.717, 1.165) is 24.8 Å². The summed E-state index contributed by atoms with van der Waals surface area (Å²) in [6.45, 7) is 1.02. The monoisotopic (exact) mass is 387 g/mol. The number of anilines is 2. The first-order valence-corrected chi connectivity index (χ1v) is 9.41. The first-order chi connectivity index (χ1) is 13.1. The Morgan fingerprint density at radius 2 is 1.85 bits per heavy atom. The van der Waals surface area contributed by atoms with Gasteiger partial charge < -0.3 is 10.6 Å². The Morgan fingerprint density at radius 1 is 1.11 bits per heavy atom. The maximum Gasteiger partial charge on any atom is 0.353 e. The molecule has 7 nitrogen and oxygen atoms in total. The molecule has 8 heteroatoms. The molecule has 0 saturated carbocycles. The van der Waals surface area contributed by atoms with Crippen molar-refractivity contribution < 1.29 is 4.92 Å². The Hall–Kier alpha value is -2.67. The number of hydrogen-bond donors (Lipinski definition) is 2. The molecule has 0 aliphatic heterocycles. The number of aromatic nitrogens is 2. The predicted octanol–water partition coefficient (Wildman–Crippen LogP) is 4.95. The van der Waals surface area contributed by atoms with Crippen LogP contribution >= 0.6 is 11.6 Å². The van der Waals surface area contributed by atoms with E-state index in [-0.39, 0.29) is 17.3 Å². The third-order valence-electron chi connectivity index (χ3n) is 4.50. The van der Waals surface area contributed by atoms with E-state index < -0.39 is 4.92 Å². The van der Waals surface area contributed by atoms with Gasteiger partial charge in [-0.3, -0.25) is 10.1 Å². The fraction of sp³-hybridized carbons (Fsp3) is 0.368. The minimum Gasteiger partial charge on any atom is -0.364 e. The minimum absolute atomic E-state index is 0.135. The van der Waals surface area contributed by atoms with Gasteiger partial charge in [-0.15, -0.1) is 0 Å². The van der Waals surface area contributed by atoms with Gasteiger partial charge in [0.1, 0.15) is 6.33 Å². The molecule has 142 valence electrons. The van der Waals surface area contributed by atoms with Crippen LogP contribution in [0.4, 0.5) is 17.3 Å². The predicted molar refractivity (Wildman–Crippen MR) is 107 cm³/mol. The summed E-state index contributed by atoms with van der Waals surface area (Å²) < 4.78 is 0. The van der Waals surface area contributed by atoms with Gasteiger partial charge in [0, 0.05) is 18.1 Å². The van der Waals surface area contributed by atoms with E-state index in [1.165, 1.54) is 24.7 Å². The van der Waals surface area contributed by atoms with Gasteiger partial charge in [0.2, 0.25) is 11.6 Å². The van der Waals surface area contributed by atoms with E-state index >= 15 is 0 Å². The lowest BCUT2D eigenvalue weighted by molar-refractivity contribution is -0.383. The molecule has 0 bridgehead atoms. The number of allylic oxidation sites excluding steroid dienone is 1. The van der Waals surface area contributed by atoms with Gasteiger partial charge in [0.25, 0.3) is 0 Å². The van der Waals surface area contributed by atoms with Crippen LogP contribution in [0.5, 0.6) is 0 Å². The van der Waals surface area contributed by atoms with Crippen LogP contribution in [0.1, 0.15) is 37.7 Å². The highest BCUT2D eigenvalue weighted by Gasteiger charge is 2.22. The van der Waals surface area contributed by atoms with Crippen molar-refractivity contribution in [3.8, 4) is 0 Å². The zero-order valence-electron chi connectivity index (χ0n) is 14.9. The second-order valence-electron chi connectivity index (χ2n) is 6.44. The van der Waals surface area contributed by atoms with E-state index in [0.29, 0.717) is 18.1 Å². The van der Waals surface area contributed by atoms with Crippen molar-refractivity contribution in [2.75, 3.05) is 17.2 Å². The van der Waals surface area contributed by atoms with Crippen molar-refractivity contribution in [1.82, 2.24) is 9.97 Å². The molecule has 0 atom stereocenters. The quantitative estimate of drug-likeness (QED) is 0.378. The van der Waals surface area contributed by atoms with E-state index in [1.807, 2.05) is 12.1 Å². The molecule has 1 heterocycles. The minimum atomic E-state index is -0.452. The van der Waals surface area contributed by atoms with Crippen molar-refractivity contribution in [3.05, 3.63) is 62.9 Å². The number of halogens is 1. The van der Waals surface area contributed by atoms with Crippen molar-refractivity contribution >= 4 is 28.9 Å². The number of nitro groups is 1. The molecule has 0 spiro atoms. The summed E-state index contributed by atoms with van der Waals surface area (Å²) in [5.74, 6) is 0.439. The van der Waals surface area contributed by atoms with Crippen LogP contribution in [0.2, 0.25) is 5.02 Å². The van der Waals surface area contributed by atoms with Crippen LogP contribution in [0.3, 0.4) is 0 Å². The van der Waals surface area contributed by atoms with E-state index in [2.05, 4.69) is 26.7 Å². The van der Waals surface area contributed by atoms with Crippen LogP contribution in [0.15, 0.2) is 42.2 Å². The summed E-state index contributed by atoms with van der Waals surface area (Å²) in [4.78, 5) is 19.2. The molecule has 1 aliphatic rings. The third-order valence-corrected chi connectivity index (χ3v) is 4.75. The highest BCUT2D eigenvalue weighted by Crippen LogP contribution is 2.29. The van der Waals surface area contributed by atoms with Crippen LogP contribution in [-0.4, -0.2) is 21.4 Å². The van der Waals surface area contributed by atoms with Gasteiger partial charge in [-0.05, 0) is 49.8 Å². The van der Waals surface area contributed by atoms with Gasteiger partial charge in [-0.25, -0.2) is 9.97 Å². The Kier molecular flexibility index (Phi) is 6.59. The second-order valence-corrected chi connectivity index (χ2v) is 6.88. The lowest BCUT2D eigenvalue weighted by Crippen LogP contribution is -2.11. The molecule has 0 amide bonds. The fourth-order valence-electron chi connectivity index (χ4n) is 3.07. The average Bonchev–Trinajstić information content (AvgIpc) is 2.68. The van der Waals surface area contributed by atoms with Crippen molar-refractivity contribution in [2.45, 2.75) is 38.6 Å². The zero-order chi connectivity index (χ0) is 19.1. The van der Waals surface area contributed by atoms with Crippen LogP contribution in [0, 0.1) is 10.1 Å². The van der Waals surface area contributed by atoms with Gasteiger partial charge in [-0.2, -0.15) is 0 Å². The SMILES string of the molecule is O=[N+]([O-])c1c(NCCC2=CCCCC2)ncnc1NCc1ccc(Cl)cc1. The average molecular weight is 388 g/mol. The molecule has 0 saturated heterocycles. The van der Waals surface area contributed by atoms with Crippen LogP contribution < -0.4 is 10.6 Å². The molecule has 2 N–H and O–H groups in total. The number of nitrogens with one attached hydrogen (secondary N) is 2. The molecule has 0 fully saturated rings. The Bertz CT molecular complexity index is 823. The number of nitrogens with zero attached hydrogens (tertiary/aromatic N) is 3. The Balaban J connectivity index is 1.67. The van der Waals surface area contributed by atoms with Crippen molar-refractivity contribution in [1.29, 1.82) is 0 Å². The van der Waals surface area contributed by atoms with E-state index in [9.17, 15) is 10.1 Å². The lowest BCUT2D eigenvalue weighted by atomic mass is 9.97. The van der Waals surface area contributed by atoms with Gasteiger partial charge in [0.15, 0.2) is 0 Å². The molecule has 2 aromatic rings.